The Kier molecular flexibility index (Phi) is 6.58. The Labute approximate surface area is 213 Å². The largest absolute Gasteiger partial charge is 0.454 e. The zero-order chi connectivity index (χ0) is 26.2. The lowest BCUT2D eigenvalue weighted by Gasteiger charge is -2.15. The second-order valence-electron chi connectivity index (χ2n) is 9.88. The van der Waals surface area contributed by atoms with Crippen molar-refractivity contribution in [2.24, 2.45) is 11.3 Å². The number of ketones is 2. The number of anilines is 1. The summed E-state index contributed by atoms with van der Waals surface area (Å²) in [6.45, 7) is 1.95. The Hall–Kier alpha value is -3.94. The van der Waals surface area contributed by atoms with Gasteiger partial charge in [-0.15, -0.1) is 0 Å². The summed E-state index contributed by atoms with van der Waals surface area (Å²) in [4.78, 5) is 41.9. The van der Waals surface area contributed by atoms with Crippen LogP contribution in [0.5, 0.6) is 11.5 Å². The Morgan fingerprint density at radius 1 is 0.973 bits per heavy atom. The minimum Gasteiger partial charge on any atom is -0.454 e. The first kappa shape index (κ1) is 24.7. The molecule has 0 saturated heterocycles. The fourth-order valence-corrected chi connectivity index (χ4v) is 4.27. The molecule has 1 aromatic heterocycles. The van der Waals surface area contributed by atoms with Crippen molar-refractivity contribution in [1.29, 1.82) is 0 Å². The van der Waals surface area contributed by atoms with Crippen LogP contribution in [-0.4, -0.2) is 22.5 Å². The normalized spacial score (nSPS) is 15.6. The number of aryl methyl sites for hydroxylation is 1. The standard InChI is InChI=1S/C29H26F2N2O4/c1-17-2-4-18(5-3-17)12-25(34)29(9-10-29)26(35)14-20-13-23(31)24(16-22(20)30)37-21-8-11-32-27(15-21)33-28(36)19-6-7-19/h2-5,8,11,13,15-16,19H,6-7,9-10,12,14H2,1H3,(H,32,33,36). The summed E-state index contributed by atoms with van der Waals surface area (Å²) in [6, 6.07) is 12.2. The highest BCUT2D eigenvalue weighted by Gasteiger charge is 2.54. The zero-order valence-corrected chi connectivity index (χ0v) is 20.4. The van der Waals surface area contributed by atoms with Gasteiger partial charge in [-0.25, -0.2) is 13.8 Å². The predicted octanol–water partition coefficient (Wildman–Crippen LogP) is 5.51. The number of ether oxygens (including phenoxy) is 1. The van der Waals surface area contributed by atoms with E-state index in [-0.39, 0.29) is 53.3 Å². The van der Waals surface area contributed by atoms with Crippen molar-refractivity contribution in [3.8, 4) is 11.5 Å². The fourth-order valence-electron chi connectivity index (χ4n) is 4.27. The molecule has 2 fully saturated rings. The van der Waals surface area contributed by atoms with E-state index in [1.54, 1.807) is 0 Å². The fraction of sp³-hybridized carbons (Fsp3) is 0.310. The number of Topliss-reactive ketones (excluding diaryl/α,β-unsaturated/α-hetero) is 2. The molecular weight excluding hydrogens is 478 g/mol. The molecule has 1 N–H and O–H groups in total. The number of rotatable bonds is 10. The number of halogens is 2. The minimum absolute atomic E-state index is 0.0131. The number of benzene rings is 2. The molecule has 2 saturated carbocycles. The Morgan fingerprint density at radius 3 is 2.35 bits per heavy atom. The molecule has 1 amide bonds. The van der Waals surface area contributed by atoms with Gasteiger partial charge in [-0.1, -0.05) is 29.8 Å². The van der Waals surface area contributed by atoms with Crippen molar-refractivity contribution in [3.63, 3.8) is 0 Å². The van der Waals surface area contributed by atoms with Gasteiger partial charge in [-0.05, 0) is 55.9 Å². The number of hydrogen-bond acceptors (Lipinski definition) is 5. The molecule has 2 aliphatic carbocycles. The number of aromatic nitrogens is 1. The molecule has 6 nitrogen and oxygen atoms in total. The van der Waals surface area contributed by atoms with Gasteiger partial charge in [-0.2, -0.15) is 0 Å². The van der Waals surface area contributed by atoms with Crippen molar-refractivity contribution >= 4 is 23.3 Å². The van der Waals surface area contributed by atoms with Gasteiger partial charge in [0, 0.05) is 37.1 Å². The predicted molar refractivity (Wildman–Crippen MR) is 132 cm³/mol. The smallest absolute Gasteiger partial charge is 0.228 e. The third-order valence-corrected chi connectivity index (χ3v) is 6.91. The molecule has 0 bridgehead atoms. The van der Waals surface area contributed by atoms with Crippen LogP contribution in [0.15, 0.2) is 54.7 Å². The van der Waals surface area contributed by atoms with E-state index in [2.05, 4.69) is 10.3 Å². The molecule has 0 radical (unpaired) electrons. The molecule has 1 heterocycles. The number of carbonyl (C=O) groups is 3. The van der Waals surface area contributed by atoms with Crippen LogP contribution in [0.3, 0.4) is 0 Å². The van der Waals surface area contributed by atoms with Crippen LogP contribution in [0.2, 0.25) is 0 Å². The summed E-state index contributed by atoms with van der Waals surface area (Å²) in [6.07, 6.45) is 3.65. The Balaban J connectivity index is 1.25. The molecule has 0 unspecified atom stereocenters. The van der Waals surface area contributed by atoms with Crippen molar-refractivity contribution < 1.29 is 27.9 Å². The first-order chi connectivity index (χ1) is 17.7. The second kappa shape index (κ2) is 9.84. The van der Waals surface area contributed by atoms with Crippen LogP contribution in [0.25, 0.3) is 0 Å². The molecule has 3 aromatic rings. The Morgan fingerprint density at radius 2 is 1.68 bits per heavy atom. The maximum absolute atomic E-state index is 14.9. The van der Waals surface area contributed by atoms with Crippen LogP contribution in [-0.2, 0) is 27.2 Å². The highest BCUT2D eigenvalue weighted by atomic mass is 19.1. The summed E-state index contributed by atoms with van der Waals surface area (Å²) >= 11 is 0. The number of amides is 1. The number of nitrogens with one attached hydrogen (secondary N) is 1. The topological polar surface area (TPSA) is 85.4 Å². The molecule has 37 heavy (non-hydrogen) atoms. The van der Waals surface area contributed by atoms with E-state index in [0.29, 0.717) is 12.8 Å². The third kappa shape index (κ3) is 5.58. The van der Waals surface area contributed by atoms with E-state index in [0.717, 1.165) is 36.1 Å². The number of pyridine rings is 1. The van der Waals surface area contributed by atoms with Crippen LogP contribution >= 0.6 is 0 Å². The lowest BCUT2D eigenvalue weighted by molar-refractivity contribution is -0.134. The number of nitrogens with zero attached hydrogens (tertiary/aromatic N) is 1. The highest BCUT2D eigenvalue weighted by Crippen LogP contribution is 2.49. The van der Waals surface area contributed by atoms with Crippen LogP contribution in [0.4, 0.5) is 14.6 Å². The van der Waals surface area contributed by atoms with E-state index >= 15 is 0 Å². The van der Waals surface area contributed by atoms with Gasteiger partial charge >= 0.3 is 0 Å². The van der Waals surface area contributed by atoms with E-state index < -0.39 is 22.8 Å². The maximum Gasteiger partial charge on any atom is 0.228 e. The van der Waals surface area contributed by atoms with Crippen LogP contribution < -0.4 is 10.1 Å². The molecule has 0 spiro atoms. The summed E-state index contributed by atoms with van der Waals surface area (Å²) in [7, 11) is 0. The molecule has 0 atom stereocenters. The summed E-state index contributed by atoms with van der Waals surface area (Å²) in [5, 5.41) is 2.67. The van der Waals surface area contributed by atoms with Crippen molar-refractivity contribution in [1.82, 2.24) is 4.98 Å². The molecule has 2 aromatic carbocycles. The molecule has 2 aliphatic rings. The molecule has 5 rings (SSSR count). The SMILES string of the molecule is Cc1ccc(CC(=O)C2(C(=O)Cc3cc(F)c(Oc4ccnc(NC(=O)C5CC5)c4)cc3F)CC2)cc1. The number of hydrogen-bond donors (Lipinski definition) is 1. The zero-order valence-electron chi connectivity index (χ0n) is 20.4. The van der Waals surface area contributed by atoms with Gasteiger partial charge < -0.3 is 10.1 Å². The first-order valence-electron chi connectivity index (χ1n) is 12.3. The molecule has 0 aliphatic heterocycles. The Bertz CT molecular complexity index is 1380. The van der Waals surface area contributed by atoms with Crippen molar-refractivity contribution in [2.75, 3.05) is 5.32 Å². The van der Waals surface area contributed by atoms with E-state index in [9.17, 15) is 23.2 Å². The van der Waals surface area contributed by atoms with Crippen LogP contribution in [0.1, 0.15) is 42.4 Å². The quantitative estimate of drug-likeness (QED) is 0.368. The summed E-state index contributed by atoms with van der Waals surface area (Å²) in [5.41, 5.74) is 0.639. The second-order valence-corrected chi connectivity index (χ2v) is 9.88. The van der Waals surface area contributed by atoms with Gasteiger partial charge in [0.1, 0.15) is 17.4 Å². The van der Waals surface area contributed by atoms with Crippen molar-refractivity contribution in [3.05, 3.63) is 83.1 Å². The van der Waals surface area contributed by atoms with Gasteiger partial charge in [0.25, 0.3) is 0 Å². The monoisotopic (exact) mass is 504 g/mol. The summed E-state index contributed by atoms with van der Waals surface area (Å²) < 4.78 is 35.2. The average molecular weight is 505 g/mol. The molecular formula is C29H26F2N2O4. The third-order valence-electron chi connectivity index (χ3n) is 6.91. The lowest BCUT2D eigenvalue weighted by Crippen LogP contribution is -2.29. The number of carbonyl (C=O) groups excluding carboxylic acids is 3. The highest BCUT2D eigenvalue weighted by molar-refractivity contribution is 6.11. The van der Waals surface area contributed by atoms with Gasteiger partial charge in [0.2, 0.25) is 5.91 Å². The van der Waals surface area contributed by atoms with E-state index in [1.165, 1.54) is 18.3 Å². The molecule has 8 heteroatoms. The van der Waals surface area contributed by atoms with Gasteiger partial charge in [0.05, 0.1) is 5.41 Å². The van der Waals surface area contributed by atoms with E-state index in [1.807, 2.05) is 31.2 Å². The minimum atomic E-state index is -1.12. The van der Waals surface area contributed by atoms with E-state index in [4.69, 9.17) is 4.74 Å². The first-order valence-corrected chi connectivity index (χ1v) is 12.3. The van der Waals surface area contributed by atoms with Crippen LogP contribution in [0, 0.1) is 29.9 Å². The lowest BCUT2D eigenvalue weighted by atomic mass is 9.87. The van der Waals surface area contributed by atoms with Gasteiger partial charge in [0.15, 0.2) is 23.1 Å². The average Bonchev–Trinajstić information content (AvgIpc) is 3.77. The van der Waals surface area contributed by atoms with Crippen molar-refractivity contribution in [2.45, 2.75) is 45.4 Å². The maximum atomic E-state index is 14.9. The van der Waals surface area contributed by atoms with Gasteiger partial charge in [-0.3, -0.25) is 14.4 Å². The molecule has 190 valence electrons. The summed E-state index contributed by atoms with van der Waals surface area (Å²) in [5.74, 6) is -2.34.